The number of hydrogen-bond donors (Lipinski definition) is 1. The average Bonchev–Trinajstić information content (AvgIpc) is 2.70. The van der Waals surface area contributed by atoms with Crippen LogP contribution in [-0.2, 0) is 9.53 Å². The van der Waals surface area contributed by atoms with Crippen molar-refractivity contribution in [2.24, 2.45) is 0 Å². The van der Waals surface area contributed by atoms with Gasteiger partial charge in [0.1, 0.15) is 5.75 Å². The van der Waals surface area contributed by atoms with E-state index in [0.717, 1.165) is 0 Å². The fraction of sp³-hybridized carbons (Fsp3) is 0.350. The topological polar surface area (TPSA) is 93.9 Å². The first-order valence-corrected chi connectivity index (χ1v) is 9.51. The third kappa shape index (κ3) is 5.16. The Labute approximate surface area is 173 Å². The molecule has 1 amide bonds. The molecule has 0 spiro atoms. The molecule has 1 heterocycles. The van der Waals surface area contributed by atoms with E-state index in [1.165, 1.54) is 12.1 Å². The van der Waals surface area contributed by atoms with Crippen LogP contribution in [0, 0.1) is 10.1 Å². The number of halogens is 1. The Morgan fingerprint density at radius 2 is 1.86 bits per heavy atom. The minimum Gasteiger partial charge on any atom is -0.478 e. The van der Waals surface area contributed by atoms with Crippen molar-refractivity contribution in [3.05, 3.63) is 57.6 Å². The number of nitrogens with zero attached hydrogens (tertiary/aromatic N) is 2. The van der Waals surface area contributed by atoms with Crippen LogP contribution in [0.2, 0.25) is 5.02 Å². The number of ether oxygens (including phenoxy) is 2. The zero-order chi connectivity index (χ0) is 21.0. The number of nitro benzene ring substituents is 1. The van der Waals surface area contributed by atoms with Crippen molar-refractivity contribution >= 4 is 34.6 Å². The predicted octanol–water partition coefficient (Wildman–Crippen LogP) is 3.88. The number of hydrogen-bond acceptors (Lipinski definition) is 6. The van der Waals surface area contributed by atoms with Crippen molar-refractivity contribution in [2.45, 2.75) is 19.4 Å². The summed E-state index contributed by atoms with van der Waals surface area (Å²) in [5, 5.41) is 14.6. The lowest BCUT2D eigenvalue weighted by molar-refractivity contribution is -0.384. The average molecular weight is 420 g/mol. The molecule has 1 aliphatic rings. The first-order chi connectivity index (χ1) is 13.8. The second-order valence-electron chi connectivity index (χ2n) is 7.08. The highest BCUT2D eigenvalue weighted by Crippen LogP contribution is 2.32. The van der Waals surface area contributed by atoms with E-state index in [1.807, 2.05) is 4.90 Å². The van der Waals surface area contributed by atoms with Crippen molar-refractivity contribution in [3.8, 4) is 5.75 Å². The fourth-order valence-corrected chi connectivity index (χ4v) is 3.05. The van der Waals surface area contributed by atoms with Crippen LogP contribution in [0.4, 0.5) is 17.1 Å². The fourth-order valence-electron chi connectivity index (χ4n) is 2.92. The number of nitrogens with one attached hydrogen (secondary N) is 1. The molecule has 1 fully saturated rings. The summed E-state index contributed by atoms with van der Waals surface area (Å²) in [6.45, 7) is 5.49. The number of benzene rings is 2. The Hall–Kier alpha value is -2.84. The van der Waals surface area contributed by atoms with Crippen LogP contribution < -0.4 is 15.0 Å². The summed E-state index contributed by atoms with van der Waals surface area (Å²) in [4.78, 5) is 25.6. The lowest BCUT2D eigenvalue weighted by Gasteiger charge is -2.31. The Bertz CT molecular complexity index is 895. The maximum atomic E-state index is 12.9. The molecule has 0 atom stereocenters. The Kier molecular flexibility index (Phi) is 6.24. The van der Waals surface area contributed by atoms with Crippen molar-refractivity contribution in [1.29, 1.82) is 0 Å². The molecule has 1 saturated heterocycles. The van der Waals surface area contributed by atoms with Gasteiger partial charge >= 0.3 is 0 Å². The molecular weight excluding hydrogens is 398 g/mol. The number of morpholine rings is 1. The Morgan fingerprint density at radius 3 is 2.48 bits per heavy atom. The van der Waals surface area contributed by atoms with E-state index in [-0.39, 0.29) is 11.6 Å². The summed E-state index contributed by atoms with van der Waals surface area (Å²) in [6.07, 6.45) is 0. The van der Waals surface area contributed by atoms with Crippen LogP contribution in [-0.4, -0.2) is 42.7 Å². The van der Waals surface area contributed by atoms with Gasteiger partial charge in [-0.15, -0.1) is 0 Å². The maximum absolute atomic E-state index is 12.9. The smallest absolute Gasteiger partial charge is 0.271 e. The van der Waals surface area contributed by atoms with E-state index in [9.17, 15) is 14.9 Å². The molecular formula is C20H22ClN3O5. The van der Waals surface area contributed by atoms with Gasteiger partial charge in [0.15, 0.2) is 5.60 Å². The zero-order valence-electron chi connectivity index (χ0n) is 16.2. The Balaban J connectivity index is 1.82. The summed E-state index contributed by atoms with van der Waals surface area (Å²) >= 11 is 5.88. The first-order valence-electron chi connectivity index (χ1n) is 9.13. The minimum atomic E-state index is -1.18. The standard InChI is InChI=1S/C20H22ClN3O5/c1-20(2,29-16-6-3-14(21)4-7-16)19(25)22-17-8-5-15(24(26)27)13-18(17)23-9-11-28-12-10-23/h3-8,13H,9-12H2,1-2H3,(H,22,25). The van der Waals surface area contributed by atoms with Gasteiger partial charge in [0.25, 0.3) is 11.6 Å². The molecule has 0 aromatic heterocycles. The quantitative estimate of drug-likeness (QED) is 0.564. The highest BCUT2D eigenvalue weighted by Gasteiger charge is 2.31. The third-order valence-corrected chi connectivity index (χ3v) is 4.78. The summed E-state index contributed by atoms with van der Waals surface area (Å²) in [6, 6.07) is 11.1. The molecule has 8 nitrogen and oxygen atoms in total. The molecule has 0 saturated carbocycles. The highest BCUT2D eigenvalue weighted by atomic mass is 35.5. The molecule has 0 radical (unpaired) electrons. The van der Waals surface area contributed by atoms with Gasteiger partial charge in [0.2, 0.25) is 0 Å². The first kappa shape index (κ1) is 20.9. The van der Waals surface area contributed by atoms with Gasteiger partial charge in [-0.2, -0.15) is 0 Å². The summed E-state index contributed by atoms with van der Waals surface area (Å²) < 4.78 is 11.2. The second-order valence-corrected chi connectivity index (χ2v) is 7.51. The number of anilines is 2. The lowest BCUT2D eigenvalue weighted by Crippen LogP contribution is -2.43. The van der Waals surface area contributed by atoms with Gasteiger partial charge in [-0.25, -0.2) is 0 Å². The van der Waals surface area contributed by atoms with E-state index in [4.69, 9.17) is 21.1 Å². The summed E-state index contributed by atoms with van der Waals surface area (Å²) in [7, 11) is 0. The molecule has 1 N–H and O–H groups in total. The molecule has 9 heteroatoms. The second kappa shape index (κ2) is 8.67. The Morgan fingerprint density at radius 1 is 1.21 bits per heavy atom. The lowest BCUT2D eigenvalue weighted by atomic mass is 10.1. The van der Waals surface area contributed by atoms with Crippen molar-refractivity contribution in [2.75, 3.05) is 36.5 Å². The molecule has 2 aromatic rings. The minimum absolute atomic E-state index is 0.0406. The molecule has 29 heavy (non-hydrogen) atoms. The van der Waals surface area contributed by atoms with E-state index < -0.39 is 10.5 Å². The molecule has 1 aliphatic heterocycles. The number of non-ortho nitro benzene ring substituents is 1. The van der Waals surface area contributed by atoms with Crippen LogP contribution in [0.15, 0.2) is 42.5 Å². The number of carbonyl (C=O) groups is 1. The van der Waals surface area contributed by atoms with Crippen molar-refractivity contribution < 1.29 is 19.2 Å². The molecule has 0 aliphatic carbocycles. The molecule has 0 unspecified atom stereocenters. The largest absolute Gasteiger partial charge is 0.478 e. The monoisotopic (exact) mass is 419 g/mol. The van der Waals surface area contributed by atoms with Crippen molar-refractivity contribution in [3.63, 3.8) is 0 Å². The zero-order valence-corrected chi connectivity index (χ0v) is 16.9. The van der Waals surface area contributed by atoms with E-state index >= 15 is 0 Å². The summed E-state index contributed by atoms with van der Waals surface area (Å²) in [5.74, 6) is 0.127. The van der Waals surface area contributed by atoms with Crippen LogP contribution in [0.5, 0.6) is 5.75 Å². The normalized spacial score (nSPS) is 14.4. The number of amides is 1. The van der Waals surface area contributed by atoms with Crippen LogP contribution in [0.1, 0.15) is 13.8 Å². The maximum Gasteiger partial charge on any atom is 0.271 e. The van der Waals surface area contributed by atoms with Crippen LogP contribution in [0.3, 0.4) is 0 Å². The van der Waals surface area contributed by atoms with E-state index in [0.29, 0.717) is 48.5 Å². The molecule has 0 bridgehead atoms. The SMILES string of the molecule is CC(C)(Oc1ccc(Cl)cc1)C(=O)Nc1ccc([N+](=O)[O-])cc1N1CCOCC1. The van der Waals surface area contributed by atoms with E-state index in [1.54, 1.807) is 44.2 Å². The third-order valence-electron chi connectivity index (χ3n) is 4.53. The van der Waals surface area contributed by atoms with Crippen LogP contribution in [0.25, 0.3) is 0 Å². The van der Waals surface area contributed by atoms with E-state index in [2.05, 4.69) is 5.32 Å². The van der Waals surface area contributed by atoms with Crippen LogP contribution >= 0.6 is 11.6 Å². The molecule has 3 rings (SSSR count). The highest BCUT2D eigenvalue weighted by molar-refractivity contribution is 6.30. The molecule has 2 aromatic carbocycles. The van der Waals surface area contributed by atoms with Gasteiger partial charge in [0.05, 0.1) is 29.5 Å². The summed E-state index contributed by atoms with van der Waals surface area (Å²) in [5.41, 5.74) is -0.160. The predicted molar refractivity (Wildman–Crippen MR) is 111 cm³/mol. The van der Waals surface area contributed by atoms with Gasteiger partial charge < -0.3 is 19.7 Å². The van der Waals surface area contributed by atoms with Crippen molar-refractivity contribution in [1.82, 2.24) is 0 Å². The van der Waals surface area contributed by atoms with Gasteiger partial charge in [-0.1, -0.05) is 11.6 Å². The van der Waals surface area contributed by atoms with Gasteiger partial charge in [-0.05, 0) is 44.2 Å². The molecule has 154 valence electrons. The number of carbonyl (C=O) groups excluding carboxylic acids is 1. The van der Waals surface area contributed by atoms with Gasteiger partial charge in [-0.3, -0.25) is 14.9 Å². The number of rotatable bonds is 6. The van der Waals surface area contributed by atoms with Gasteiger partial charge in [0, 0.05) is 30.2 Å². The number of nitro groups is 1.